The van der Waals surface area contributed by atoms with Gasteiger partial charge in [-0.05, 0) is 30.7 Å². The number of furan rings is 1. The van der Waals surface area contributed by atoms with E-state index in [9.17, 15) is 4.79 Å². The third-order valence-electron chi connectivity index (χ3n) is 3.88. The van der Waals surface area contributed by atoms with Crippen LogP contribution in [-0.2, 0) is 11.3 Å². The molecule has 132 valence electrons. The van der Waals surface area contributed by atoms with Crippen molar-refractivity contribution in [3.8, 4) is 11.5 Å². The zero-order chi connectivity index (χ0) is 18.5. The van der Waals surface area contributed by atoms with Gasteiger partial charge in [0.1, 0.15) is 11.5 Å². The lowest BCUT2D eigenvalue weighted by atomic mass is 10.0. The maximum Gasteiger partial charge on any atom is 0.338 e. The Hall–Kier alpha value is -3.41. The van der Waals surface area contributed by atoms with Gasteiger partial charge in [0.05, 0.1) is 24.5 Å². The van der Waals surface area contributed by atoms with Crippen LogP contribution in [-0.4, -0.2) is 23.8 Å². The Morgan fingerprint density at radius 2 is 2.00 bits per heavy atom. The number of aromatic nitrogens is 1. The standard InChI is InChI=1S/C20H19N3O3/c1-13(21)18-15(20(24)25-2)11-16(17-9-6-10-26-17)23-19(18)22-12-14-7-4-3-5-8-14/h3-11,21H,12H2,1-2H3,(H,22,23). The third kappa shape index (κ3) is 3.64. The van der Waals surface area contributed by atoms with Crippen molar-refractivity contribution >= 4 is 17.5 Å². The van der Waals surface area contributed by atoms with Gasteiger partial charge in [-0.1, -0.05) is 30.3 Å². The fraction of sp³-hybridized carbons (Fsp3) is 0.150. The number of esters is 1. The molecule has 2 heterocycles. The first-order valence-corrected chi connectivity index (χ1v) is 8.10. The predicted octanol–water partition coefficient (Wildman–Crippen LogP) is 4.13. The molecule has 2 aromatic heterocycles. The molecule has 0 aliphatic heterocycles. The number of nitrogens with zero attached hydrogens (tertiary/aromatic N) is 1. The Balaban J connectivity index is 2.08. The lowest BCUT2D eigenvalue weighted by molar-refractivity contribution is 0.0600. The minimum absolute atomic E-state index is 0.222. The molecule has 0 radical (unpaired) electrons. The molecule has 0 atom stereocenters. The summed E-state index contributed by atoms with van der Waals surface area (Å²) >= 11 is 0. The predicted molar refractivity (Wildman–Crippen MR) is 99.5 cm³/mol. The van der Waals surface area contributed by atoms with Crippen molar-refractivity contribution in [2.75, 3.05) is 12.4 Å². The molecule has 6 heteroatoms. The zero-order valence-electron chi connectivity index (χ0n) is 14.6. The topological polar surface area (TPSA) is 88.2 Å². The number of anilines is 1. The molecule has 2 N–H and O–H groups in total. The summed E-state index contributed by atoms with van der Waals surface area (Å²) in [5.74, 6) is 0.451. The van der Waals surface area contributed by atoms with Crippen molar-refractivity contribution in [2.24, 2.45) is 0 Å². The van der Waals surface area contributed by atoms with Crippen LogP contribution in [0.25, 0.3) is 11.5 Å². The minimum atomic E-state index is -0.524. The summed E-state index contributed by atoms with van der Waals surface area (Å²) in [6.07, 6.45) is 1.54. The van der Waals surface area contributed by atoms with Gasteiger partial charge in [0.25, 0.3) is 0 Å². The molecule has 6 nitrogen and oxygen atoms in total. The average Bonchev–Trinajstić information content (AvgIpc) is 3.20. The molecule has 0 amide bonds. The smallest absolute Gasteiger partial charge is 0.338 e. The van der Waals surface area contributed by atoms with E-state index >= 15 is 0 Å². The number of hydrogen-bond donors (Lipinski definition) is 2. The summed E-state index contributed by atoms with van der Waals surface area (Å²) < 4.78 is 10.3. The Bertz CT molecular complexity index is 919. The SMILES string of the molecule is COC(=O)c1cc(-c2ccco2)nc(NCc2ccccc2)c1C(C)=N. The molecule has 0 bridgehead atoms. The highest BCUT2D eigenvalue weighted by Crippen LogP contribution is 2.27. The van der Waals surface area contributed by atoms with E-state index in [-0.39, 0.29) is 11.3 Å². The van der Waals surface area contributed by atoms with Gasteiger partial charge in [0.2, 0.25) is 0 Å². The number of carbonyl (C=O) groups excluding carboxylic acids is 1. The fourth-order valence-corrected chi connectivity index (χ4v) is 2.66. The van der Waals surface area contributed by atoms with Gasteiger partial charge in [0.15, 0.2) is 5.76 Å². The normalized spacial score (nSPS) is 10.4. The van der Waals surface area contributed by atoms with Crippen LogP contribution in [0.5, 0.6) is 0 Å². The lowest BCUT2D eigenvalue weighted by Gasteiger charge is -2.15. The largest absolute Gasteiger partial charge is 0.465 e. The highest BCUT2D eigenvalue weighted by atomic mass is 16.5. The van der Waals surface area contributed by atoms with Crippen molar-refractivity contribution in [3.05, 3.63) is 71.5 Å². The molecular weight excluding hydrogens is 330 g/mol. The molecule has 0 saturated carbocycles. The maximum atomic E-state index is 12.3. The van der Waals surface area contributed by atoms with E-state index in [0.717, 1.165) is 5.56 Å². The summed E-state index contributed by atoms with van der Waals surface area (Å²) in [5, 5.41) is 11.3. The molecule has 0 aliphatic carbocycles. The van der Waals surface area contributed by atoms with Gasteiger partial charge < -0.3 is 19.9 Å². The summed E-state index contributed by atoms with van der Waals surface area (Å²) in [5.41, 5.74) is 2.47. The van der Waals surface area contributed by atoms with Crippen molar-refractivity contribution in [3.63, 3.8) is 0 Å². The number of pyridine rings is 1. The summed E-state index contributed by atoms with van der Waals surface area (Å²) in [4.78, 5) is 16.9. The second-order valence-electron chi connectivity index (χ2n) is 5.71. The number of nitrogens with one attached hydrogen (secondary N) is 2. The maximum absolute atomic E-state index is 12.3. The number of ether oxygens (including phenoxy) is 1. The molecular formula is C20H19N3O3. The zero-order valence-corrected chi connectivity index (χ0v) is 14.6. The monoisotopic (exact) mass is 349 g/mol. The van der Waals surface area contributed by atoms with Crippen LogP contribution in [0.4, 0.5) is 5.82 Å². The van der Waals surface area contributed by atoms with E-state index in [1.54, 1.807) is 31.4 Å². The van der Waals surface area contributed by atoms with E-state index in [0.29, 0.717) is 29.4 Å². The summed E-state index contributed by atoms with van der Waals surface area (Å²) in [6, 6.07) is 14.9. The van der Waals surface area contributed by atoms with Gasteiger partial charge in [-0.25, -0.2) is 9.78 Å². The molecule has 26 heavy (non-hydrogen) atoms. The number of benzene rings is 1. The van der Waals surface area contributed by atoms with E-state index in [1.165, 1.54) is 7.11 Å². The van der Waals surface area contributed by atoms with Crippen LogP contribution in [0.3, 0.4) is 0 Å². The summed E-state index contributed by atoms with van der Waals surface area (Å²) in [7, 11) is 1.31. The van der Waals surface area contributed by atoms with Crippen molar-refractivity contribution in [1.82, 2.24) is 4.98 Å². The van der Waals surface area contributed by atoms with Crippen LogP contribution < -0.4 is 5.32 Å². The minimum Gasteiger partial charge on any atom is -0.465 e. The Morgan fingerprint density at radius 3 is 2.62 bits per heavy atom. The van der Waals surface area contributed by atoms with Crippen molar-refractivity contribution in [1.29, 1.82) is 5.41 Å². The molecule has 1 aromatic carbocycles. The van der Waals surface area contributed by atoms with Gasteiger partial charge in [-0.3, -0.25) is 0 Å². The highest BCUT2D eigenvalue weighted by Gasteiger charge is 2.21. The molecule has 0 saturated heterocycles. The van der Waals surface area contributed by atoms with Gasteiger partial charge >= 0.3 is 5.97 Å². The number of carbonyl (C=O) groups is 1. The number of hydrogen-bond acceptors (Lipinski definition) is 6. The van der Waals surface area contributed by atoms with Crippen molar-refractivity contribution in [2.45, 2.75) is 13.5 Å². The van der Waals surface area contributed by atoms with Gasteiger partial charge in [0, 0.05) is 12.3 Å². The first kappa shape index (κ1) is 17.4. The van der Waals surface area contributed by atoms with Crippen LogP contribution in [0.15, 0.2) is 59.2 Å². The van der Waals surface area contributed by atoms with Gasteiger partial charge in [-0.2, -0.15) is 0 Å². The van der Waals surface area contributed by atoms with Crippen LogP contribution in [0.2, 0.25) is 0 Å². The molecule has 3 aromatic rings. The first-order valence-electron chi connectivity index (χ1n) is 8.10. The molecule has 0 spiro atoms. The van der Waals surface area contributed by atoms with Crippen LogP contribution in [0.1, 0.15) is 28.4 Å². The Labute approximate surface area is 151 Å². The van der Waals surface area contributed by atoms with E-state index < -0.39 is 5.97 Å². The molecule has 3 rings (SSSR count). The molecule has 0 unspecified atom stereocenters. The third-order valence-corrected chi connectivity index (χ3v) is 3.88. The van der Waals surface area contributed by atoms with Crippen molar-refractivity contribution < 1.29 is 13.9 Å². The number of methoxy groups -OCH3 is 1. The van der Waals surface area contributed by atoms with E-state index in [2.05, 4.69) is 10.3 Å². The highest BCUT2D eigenvalue weighted by molar-refractivity contribution is 6.10. The molecule has 0 aliphatic rings. The second-order valence-corrected chi connectivity index (χ2v) is 5.71. The average molecular weight is 349 g/mol. The van der Waals surface area contributed by atoms with E-state index in [4.69, 9.17) is 14.6 Å². The second kappa shape index (κ2) is 7.65. The summed E-state index contributed by atoms with van der Waals surface area (Å²) in [6.45, 7) is 2.13. The Morgan fingerprint density at radius 1 is 1.23 bits per heavy atom. The number of rotatable bonds is 6. The van der Waals surface area contributed by atoms with Gasteiger partial charge in [-0.15, -0.1) is 0 Å². The lowest BCUT2D eigenvalue weighted by Crippen LogP contribution is -2.15. The molecule has 0 fully saturated rings. The first-order chi connectivity index (χ1) is 12.6. The van der Waals surface area contributed by atoms with E-state index in [1.807, 2.05) is 30.3 Å². The fourth-order valence-electron chi connectivity index (χ4n) is 2.66. The quantitative estimate of drug-likeness (QED) is 0.516. The van der Waals surface area contributed by atoms with Crippen LogP contribution >= 0.6 is 0 Å². The van der Waals surface area contributed by atoms with Crippen LogP contribution in [0, 0.1) is 5.41 Å². The Kier molecular flexibility index (Phi) is 5.12.